The second-order valence-corrected chi connectivity index (χ2v) is 10.7. The first-order chi connectivity index (χ1) is 19.0. The molecule has 1 unspecified atom stereocenters. The van der Waals surface area contributed by atoms with E-state index in [0.29, 0.717) is 18.2 Å². The van der Waals surface area contributed by atoms with Gasteiger partial charge in [0.1, 0.15) is 5.82 Å². The highest BCUT2D eigenvalue weighted by molar-refractivity contribution is 5.85. The summed E-state index contributed by atoms with van der Waals surface area (Å²) in [5.41, 5.74) is 13.2. The largest absolute Gasteiger partial charge is 0.385 e. The van der Waals surface area contributed by atoms with Crippen LogP contribution in [0.15, 0.2) is 66.9 Å². The Morgan fingerprint density at radius 3 is 2.62 bits per heavy atom. The maximum atomic E-state index is 13.3. The van der Waals surface area contributed by atoms with E-state index >= 15 is 0 Å². The standard InChI is InChI=1S/C33H40N4O2/c1-24-29-10-3-4-11-30(29)37(20-7-21-39-2)33(24)28-9-6-19-36(23-28)32(38)12-5-8-25-13-15-26(16-14-25)27-17-18-31(34)35-22-27/h3-4,10-11,13-18,22,28H,5-9,12,19-21,23H2,1-2H3,(H2,34,35). The molecule has 204 valence electrons. The van der Waals surface area contributed by atoms with Gasteiger partial charge in [-0.25, -0.2) is 4.98 Å². The van der Waals surface area contributed by atoms with Gasteiger partial charge in [-0.1, -0.05) is 42.5 Å². The molecule has 1 aliphatic rings. The highest BCUT2D eigenvalue weighted by atomic mass is 16.5. The monoisotopic (exact) mass is 524 g/mol. The second-order valence-electron chi connectivity index (χ2n) is 10.7. The van der Waals surface area contributed by atoms with Crippen LogP contribution in [0, 0.1) is 6.92 Å². The lowest BCUT2D eigenvalue weighted by molar-refractivity contribution is -0.132. The number of anilines is 1. The lowest BCUT2D eigenvalue weighted by Gasteiger charge is -2.34. The topological polar surface area (TPSA) is 73.4 Å². The molecule has 0 aliphatic carbocycles. The smallest absolute Gasteiger partial charge is 0.222 e. The molecule has 3 heterocycles. The minimum Gasteiger partial charge on any atom is -0.385 e. The van der Waals surface area contributed by atoms with Gasteiger partial charge in [-0.15, -0.1) is 0 Å². The first-order valence-electron chi connectivity index (χ1n) is 14.2. The summed E-state index contributed by atoms with van der Waals surface area (Å²) in [6, 6.07) is 21.0. The molecule has 1 fully saturated rings. The van der Waals surface area contributed by atoms with E-state index in [2.05, 4.69) is 69.9 Å². The van der Waals surface area contributed by atoms with Gasteiger partial charge in [0.05, 0.1) is 0 Å². The zero-order chi connectivity index (χ0) is 27.2. The molecule has 1 amide bonds. The van der Waals surface area contributed by atoms with Crippen LogP contribution in [-0.2, 0) is 22.5 Å². The first kappa shape index (κ1) is 26.9. The van der Waals surface area contributed by atoms with Gasteiger partial charge in [-0.2, -0.15) is 0 Å². The van der Waals surface area contributed by atoms with Crippen LogP contribution in [0.25, 0.3) is 22.0 Å². The third-order valence-corrected chi connectivity index (χ3v) is 8.09. The number of aryl methyl sites for hydroxylation is 3. The van der Waals surface area contributed by atoms with Crippen molar-refractivity contribution in [3.8, 4) is 11.1 Å². The minimum absolute atomic E-state index is 0.281. The van der Waals surface area contributed by atoms with Crippen molar-refractivity contribution < 1.29 is 9.53 Å². The molecule has 39 heavy (non-hydrogen) atoms. The predicted molar refractivity (Wildman–Crippen MR) is 159 cm³/mol. The van der Waals surface area contributed by atoms with E-state index in [0.717, 1.165) is 69.5 Å². The number of methoxy groups -OCH3 is 1. The van der Waals surface area contributed by atoms with Crippen molar-refractivity contribution in [2.45, 2.75) is 57.9 Å². The number of amides is 1. The fraction of sp³-hybridized carbons (Fsp3) is 0.394. The molecule has 4 aromatic rings. The SMILES string of the molecule is COCCCn1c(C2CCCN(C(=O)CCCc3ccc(-c4ccc(N)nc4)cc3)C2)c(C)c2ccccc21. The van der Waals surface area contributed by atoms with E-state index in [4.69, 9.17) is 10.5 Å². The molecule has 0 saturated carbocycles. The predicted octanol–water partition coefficient (Wildman–Crippen LogP) is 6.36. The number of hydrogen-bond donors (Lipinski definition) is 1. The molecule has 6 heteroatoms. The average molecular weight is 525 g/mol. The Morgan fingerprint density at radius 1 is 1.05 bits per heavy atom. The number of carbonyl (C=O) groups is 1. The van der Waals surface area contributed by atoms with E-state index < -0.39 is 0 Å². The Labute approximate surface area is 231 Å². The number of rotatable bonds is 10. The van der Waals surface area contributed by atoms with Gasteiger partial charge in [-0.05, 0) is 73.9 Å². The van der Waals surface area contributed by atoms with E-state index in [1.165, 1.54) is 27.7 Å². The van der Waals surface area contributed by atoms with Gasteiger partial charge in [0, 0.05) is 74.0 Å². The molecular formula is C33H40N4O2. The molecule has 0 radical (unpaired) electrons. The van der Waals surface area contributed by atoms with Crippen LogP contribution in [0.1, 0.15) is 54.8 Å². The van der Waals surface area contributed by atoms with Crippen molar-refractivity contribution in [1.29, 1.82) is 0 Å². The summed E-state index contributed by atoms with van der Waals surface area (Å²) in [5.74, 6) is 1.18. The molecule has 0 bridgehead atoms. The maximum absolute atomic E-state index is 13.3. The van der Waals surface area contributed by atoms with E-state index in [-0.39, 0.29) is 5.91 Å². The van der Waals surface area contributed by atoms with E-state index in [1.807, 2.05) is 12.1 Å². The van der Waals surface area contributed by atoms with Crippen LogP contribution in [0.3, 0.4) is 0 Å². The highest BCUT2D eigenvalue weighted by Crippen LogP contribution is 2.36. The zero-order valence-electron chi connectivity index (χ0n) is 23.2. The maximum Gasteiger partial charge on any atom is 0.222 e. The molecular weight excluding hydrogens is 484 g/mol. The number of nitrogens with zero attached hydrogens (tertiary/aromatic N) is 3. The quantitative estimate of drug-likeness (QED) is 0.245. The molecule has 2 N–H and O–H groups in total. The van der Waals surface area contributed by atoms with Crippen molar-refractivity contribution in [2.75, 3.05) is 32.5 Å². The van der Waals surface area contributed by atoms with Crippen LogP contribution >= 0.6 is 0 Å². The summed E-state index contributed by atoms with van der Waals surface area (Å²) < 4.78 is 7.84. The number of carbonyl (C=O) groups excluding carboxylic acids is 1. The number of benzene rings is 2. The van der Waals surface area contributed by atoms with Crippen molar-refractivity contribution in [3.63, 3.8) is 0 Å². The van der Waals surface area contributed by atoms with Crippen LogP contribution < -0.4 is 5.73 Å². The number of aromatic nitrogens is 2. The average Bonchev–Trinajstić information content (AvgIpc) is 3.25. The van der Waals surface area contributed by atoms with Gasteiger partial charge in [0.2, 0.25) is 5.91 Å². The van der Waals surface area contributed by atoms with E-state index in [1.54, 1.807) is 13.3 Å². The molecule has 1 aliphatic heterocycles. The number of ether oxygens (including phenoxy) is 1. The summed E-state index contributed by atoms with van der Waals surface area (Å²) in [4.78, 5) is 19.6. The van der Waals surface area contributed by atoms with Crippen molar-refractivity contribution in [2.24, 2.45) is 0 Å². The number of fused-ring (bicyclic) bond motifs is 1. The Kier molecular flexibility index (Phi) is 8.62. The number of piperidine rings is 1. The number of para-hydroxylation sites is 1. The van der Waals surface area contributed by atoms with Gasteiger partial charge in [-0.3, -0.25) is 4.79 Å². The lowest BCUT2D eigenvalue weighted by atomic mass is 9.91. The van der Waals surface area contributed by atoms with Gasteiger partial charge < -0.3 is 19.9 Å². The third-order valence-electron chi connectivity index (χ3n) is 8.09. The van der Waals surface area contributed by atoms with Gasteiger partial charge in [0.25, 0.3) is 0 Å². The number of nitrogens with two attached hydrogens (primary N) is 1. The third kappa shape index (κ3) is 6.17. The molecule has 5 rings (SSSR count). The number of likely N-dealkylation sites (tertiary alicyclic amines) is 1. The van der Waals surface area contributed by atoms with Gasteiger partial charge >= 0.3 is 0 Å². The van der Waals surface area contributed by atoms with Crippen LogP contribution in [0.2, 0.25) is 0 Å². The molecule has 1 atom stereocenters. The fourth-order valence-electron chi connectivity index (χ4n) is 6.10. The molecule has 6 nitrogen and oxygen atoms in total. The molecule has 2 aromatic heterocycles. The molecule has 1 saturated heterocycles. The molecule has 2 aromatic carbocycles. The number of hydrogen-bond acceptors (Lipinski definition) is 4. The van der Waals surface area contributed by atoms with Crippen molar-refractivity contribution >= 4 is 22.6 Å². The summed E-state index contributed by atoms with van der Waals surface area (Å²) in [6.07, 6.45) is 7.31. The molecule has 0 spiro atoms. The summed E-state index contributed by atoms with van der Waals surface area (Å²) in [6.45, 7) is 5.62. The number of pyridine rings is 1. The summed E-state index contributed by atoms with van der Waals surface area (Å²) in [5, 5.41) is 1.33. The normalized spacial score (nSPS) is 15.6. The lowest BCUT2D eigenvalue weighted by Crippen LogP contribution is -2.39. The Hall–Kier alpha value is -3.64. The Bertz CT molecular complexity index is 1390. The summed E-state index contributed by atoms with van der Waals surface area (Å²) >= 11 is 0. The minimum atomic E-state index is 0.281. The van der Waals surface area contributed by atoms with Gasteiger partial charge in [0.15, 0.2) is 0 Å². The van der Waals surface area contributed by atoms with Crippen molar-refractivity contribution in [1.82, 2.24) is 14.5 Å². The van der Waals surface area contributed by atoms with Crippen LogP contribution in [0.4, 0.5) is 5.82 Å². The van der Waals surface area contributed by atoms with Crippen LogP contribution in [-0.4, -0.2) is 47.2 Å². The Balaban J connectivity index is 1.20. The number of nitrogen functional groups attached to an aromatic ring is 1. The van der Waals surface area contributed by atoms with E-state index in [9.17, 15) is 4.79 Å². The fourth-order valence-corrected chi connectivity index (χ4v) is 6.10. The zero-order valence-corrected chi connectivity index (χ0v) is 23.2. The second kappa shape index (κ2) is 12.5. The Morgan fingerprint density at radius 2 is 1.85 bits per heavy atom. The highest BCUT2D eigenvalue weighted by Gasteiger charge is 2.29. The summed E-state index contributed by atoms with van der Waals surface area (Å²) in [7, 11) is 1.76. The van der Waals surface area contributed by atoms with Crippen molar-refractivity contribution in [3.05, 3.63) is 83.7 Å². The first-order valence-corrected chi connectivity index (χ1v) is 14.2. The van der Waals surface area contributed by atoms with Crippen LogP contribution in [0.5, 0.6) is 0 Å².